The zero-order valence-electron chi connectivity index (χ0n) is 6.61. The summed E-state index contributed by atoms with van der Waals surface area (Å²) in [6.07, 6.45) is 0. The Balaban J connectivity index is 2.51. The van der Waals surface area contributed by atoms with Gasteiger partial charge in [0, 0.05) is 11.3 Å². The van der Waals surface area contributed by atoms with Crippen LogP contribution in [0, 0.1) is 5.82 Å². The van der Waals surface area contributed by atoms with Gasteiger partial charge in [0.1, 0.15) is 5.82 Å². The lowest BCUT2D eigenvalue weighted by molar-refractivity contribution is 0.554. The van der Waals surface area contributed by atoms with Crippen LogP contribution in [0.5, 0.6) is 0 Å². The lowest BCUT2D eigenvalue weighted by Gasteiger charge is -2.40. The Morgan fingerprint density at radius 3 is 2.64 bits per heavy atom. The number of halogens is 1. The summed E-state index contributed by atoms with van der Waals surface area (Å²) in [4.78, 5) is 0. The largest absolute Gasteiger partial charge is 0.376 e. The molecule has 0 spiro atoms. The molecule has 0 fully saturated rings. The third kappa shape index (κ3) is 0.821. The highest BCUT2D eigenvalue weighted by molar-refractivity contribution is 5.65. The van der Waals surface area contributed by atoms with E-state index in [1.165, 1.54) is 17.7 Å². The molecule has 0 amide bonds. The van der Waals surface area contributed by atoms with E-state index in [0.29, 0.717) is 0 Å². The fourth-order valence-electron chi connectivity index (χ4n) is 1.51. The first kappa shape index (κ1) is 6.65. The van der Waals surface area contributed by atoms with Crippen molar-refractivity contribution in [3.63, 3.8) is 0 Å². The number of hydrogen-bond donors (Lipinski definition) is 1. The number of nitrogens with one attached hydrogen (secondary N) is 1. The van der Waals surface area contributed by atoms with Gasteiger partial charge in [-0.05, 0) is 26.0 Å². The zero-order valence-corrected chi connectivity index (χ0v) is 6.61. The predicted octanol–water partition coefficient (Wildman–Crippen LogP) is 2.49. The fraction of sp³-hybridized carbons (Fsp3) is 0.333. The average Bonchev–Trinajstić information content (AvgIpc) is 1.85. The minimum absolute atomic E-state index is 0.0308. The first-order chi connectivity index (χ1) is 5.09. The van der Waals surface area contributed by atoms with Gasteiger partial charge in [-0.2, -0.15) is 0 Å². The number of rotatable bonds is 0. The maximum atomic E-state index is 12.6. The molecule has 0 saturated heterocycles. The van der Waals surface area contributed by atoms with Crippen molar-refractivity contribution in [3.8, 4) is 0 Å². The Kier molecular flexibility index (Phi) is 1.06. The van der Waals surface area contributed by atoms with Crippen molar-refractivity contribution >= 4 is 5.69 Å². The van der Waals surface area contributed by atoms with Gasteiger partial charge in [0.15, 0.2) is 0 Å². The smallest absolute Gasteiger partial charge is 0.125 e. The highest BCUT2D eigenvalue weighted by atomic mass is 19.1. The Morgan fingerprint density at radius 2 is 2.09 bits per heavy atom. The third-order valence-electron chi connectivity index (χ3n) is 2.10. The quantitative estimate of drug-likeness (QED) is 0.600. The van der Waals surface area contributed by atoms with Crippen molar-refractivity contribution in [3.05, 3.63) is 29.6 Å². The van der Waals surface area contributed by atoms with Crippen LogP contribution in [0.25, 0.3) is 0 Å². The molecule has 0 aliphatic carbocycles. The molecule has 2 heteroatoms. The third-order valence-corrected chi connectivity index (χ3v) is 2.10. The minimum atomic E-state index is -0.174. The standard InChI is InChI=1S/C9H10FN/c1-9(2)7-4-3-6(10)5-8(7)11-9/h3-5,11H,1-2H3. The molecule has 58 valence electrons. The van der Waals surface area contributed by atoms with Crippen LogP contribution in [0.2, 0.25) is 0 Å². The molecule has 0 bridgehead atoms. The monoisotopic (exact) mass is 151 g/mol. The first-order valence-electron chi connectivity index (χ1n) is 3.68. The normalized spacial score (nSPS) is 18.1. The molecule has 0 unspecified atom stereocenters. The lowest BCUT2D eigenvalue weighted by atomic mass is 9.85. The van der Waals surface area contributed by atoms with E-state index in [2.05, 4.69) is 19.2 Å². The van der Waals surface area contributed by atoms with Crippen LogP contribution in [0.3, 0.4) is 0 Å². The molecule has 1 aromatic carbocycles. The van der Waals surface area contributed by atoms with Crippen molar-refractivity contribution in [1.29, 1.82) is 0 Å². The summed E-state index contributed by atoms with van der Waals surface area (Å²) >= 11 is 0. The van der Waals surface area contributed by atoms with Crippen LogP contribution in [0.4, 0.5) is 10.1 Å². The molecule has 0 radical (unpaired) electrons. The second kappa shape index (κ2) is 1.76. The van der Waals surface area contributed by atoms with Gasteiger partial charge in [0.05, 0.1) is 5.54 Å². The van der Waals surface area contributed by atoms with E-state index in [0.717, 1.165) is 5.69 Å². The summed E-state index contributed by atoms with van der Waals surface area (Å²) in [6.45, 7) is 4.15. The summed E-state index contributed by atoms with van der Waals surface area (Å²) in [6, 6.07) is 4.86. The Hall–Kier alpha value is -1.05. The highest BCUT2D eigenvalue weighted by Gasteiger charge is 2.32. The summed E-state index contributed by atoms with van der Waals surface area (Å²) in [5.41, 5.74) is 2.15. The number of anilines is 1. The predicted molar refractivity (Wildman–Crippen MR) is 43.0 cm³/mol. The van der Waals surface area contributed by atoms with E-state index in [4.69, 9.17) is 0 Å². The summed E-state index contributed by atoms with van der Waals surface area (Å²) in [5.74, 6) is -0.174. The van der Waals surface area contributed by atoms with Gasteiger partial charge in [-0.15, -0.1) is 0 Å². The highest BCUT2D eigenvalue weighted by Crippen LogP contribution is 2.40. The minimum Gasteiger partial charge on any atom is -0.376 e. The van der Waals surface area contributed by atoms with Gasteiger partial charge >= 0.3 is 0 Å². The fourth-order valence-corrected chi connectivity index (χ4v) is 1.51. The van der Waals surface area contributed by atoms with Gasteiger partial charge < -0.3 is 5.32 Å². The Labute approximate surface area is 65.2 Å². The van der Waals surface area contributed by atoms with E-state index in [-0.39, 0.29) is 11.4 Å². The summed E-state index contributed by atoms with van der Waals surface area (Å²) in [7, 11) is 0. The zero-order chi connectivity index (χ0) is 8.06. The lowest BCUT2D eigenvalue weighted by Crippen LogP contribution is -2.38. The number of fused-ring (bicyclic) bond motifs is 1. The molecule has 1 nitrogen and oxygen atoms in total. The van der Waals surface area contributed by atoms with Crippen molar-refractivity contribution in [1.82, 2.24) is 0 Å². The van der Waals surface area contributed by atoms with Crippen molar-refractivity contribution in [2.75, 3.05) is 5.32 Å². The van der Waals surface area contributed by atoms with Gasteiger partial charge in [-0.25, -0.2) is 4.39 Å². The molecule has 11 heavy (non-hydrogen) atoms. The number of hydrogen-bond acceptors (Lipinski definition) is 1. The van der Waals surface area contributed by atoms with Crippen molar-refractivity contribution in [2.45, 2.75) is 19.4 Å². The van der Waals surface area contributed by atoms with E-state index >= 15 is 0 Å². The maximum absolute atomic E-state index is 12.6. The molecule has 0 atom stereocenters. The van der Waals surface area contributed by atoms with Gasteiger partial charge in [-0.3, -0.25) is 0 Å². The molecular formula is C9H10FN. The van der Waals surface area contributed by atoms with Crippen molar-refractivity contribution in [2.24, 2.45) is 0 Å². The molecule has 1 aliphatic rings. The average molecular weight is 151 g/mol. The second-order valence-corrected chi connectivity index (χ2v) is 3.44. The second-order valence-electron chi connectivity index (χ2n) is 3.44. The van der Waals surface area contributed by atoms with E-state index in [1.807, 2.05) is 6.07 Å². The Morgan fingerprint density at radius 1 is 1.36 bits per heavy atom. The molecule has 1 N–H and O–H groups in total. The van der Waals surface area contributed by atoms with Crippen LogP contribution in [-0.4, -0.2) is 0 Å². The topological polar surface area (TPSA) is 12.0 Å². The molecule has 0 saturated carbocycles. The molecule has 2 rings (SSSR count). The van der Waals surface area contributed by atoms with E-state index in [9.17, 15) is 4.39 Å². The summed E-state index contributed by atoms with van der Waals surface area (Å²) < 4.78 is 12.6. The molecular weight excluding hydrogens is 141 g/mol. The van der Waals surface area contributed by atoms with Crippen LogP contribution < -0.4 is 5.32 Å². The van der Waals surface area contributed by atoms with Crippen LogP contribution in [0.15, 0.2) is 18.2 Å². The molecule has 1 aromatic rings. The first-order valence-corrected chi connectivity index (χ1v) is 3.68. The molecule has 0 aromatic heterocycles. The molecule has 1 heterocycles. The van der Waals surface area contributed by atoms with Gasteiger partial charge in [0.25, 0.3) is 0 Å². The Bertz CT molecular complexity index is 304. The van der Waals surface area contributed by atoms with E-state index < -0.39 is 0 Å². The summed E-state index contributed by atoms with van der Waals surface area (Å²) in [5, 5.41) is 3.16. The maximum Gasteiger partial charge on any atom is 0.125 e. The van der Waals surface area contributed by atoms with Crippen LogP contribution in [0.1, 0.15) is 19.4 Å². The van der Waals surface area contributed by atoms with Gasteiger partial charge in [0.2, 0.25) is 0 Å². The van der Waals surface area contributed by atoms with Crippen LogP contribution >= 0.6 is 0 Å². The van der Waals surface area contributed by atoms with Crippen LogP contribution in [-0.2, 0) is 5.54 Å². The number of benzene rings is 1. The SMILES string of the molecule is CC1(C)Nc2cc(F)ccc21. The van der Waals surface area contributed by atoms with E-state index in [1.54, 1.807) is 0 Å². The molecule has 1 aliphatic heterocycles. The van der Waals surface area contributed by atoms with Crippen molar-refractivity contribution < 1.29 is 4.39 Å². The van der Waals surface area contributed by atoms with Gasteiger partial charge in [-0.1, -0.05) is 6.07 Å².